The van der Waals surface area contributed by atoms with E-state index in [2.05, 4.69) is 274 Å². The van der Waals surface area contributed by atoms with Crippen molar-refractivity contribution in [1.82, 2.24) is 0 Å². The fourth-order valence-electron chi connectivity index (χ4n) is 15.0. The fraction of sp³-hybridized carbons (Fsp3) is 0.748. The zero-order valence-corrected chi connectivity index (χ0v) is 83.0. The Hall–Kier alpha value is -6.22. The predicted molar refractivity (Wildman–Crippen MR) is 479 cm³/mol. The molecule has 0 radical (unpaired) electrons. The number of ether oxygens (including phenoxy) is 14. The standard InChI is InChI=1S/C23H28O2.C16H28O2.C15H26O2.C14H24O2.2C12H22O2.C11H20O3/c1-21(2,3)19-20(22(4,5)6)25-23(24-19,17-13-9-7-10-14-17)18-15-11-8-12-16-18;1-14(2,3)12-13(15(4,5)6)18-16(17-12)10-8-7-9-11-16;1-13(2,3)11-12(14(4,5)6)17-15(16-11)9-7-8-10-15;1-12(2,3)10-11(13(4,5)6)16-14(15-10)8-7-9-14;1-11(2,3)9-10(12(4,5)6)14-8-7-13-9;1-8-13-9(11(2,3)4)10(14-8)12(5,6)7;1-10(2,3)7-8(11(4,5)6)14-9(12)13-7/h7-16H,1-6H3;7-11H2,1-6H3;7-10H2,1-6H3;7-9H2,1-6H3;7-8H2,1-6H3;8H,1-7H3;9,12H,1-6H3. The van der Waals surface area contributed by atoms with Gasteiger partial charge in [0.25, 0.3) is 17.4 Å². The van der Waals surface area contributed by atoms with Crippen LogP contribution in [0.25, 0.3) is 0 Å². The molecule has 3 saturated carbocycles. The molecule has 672 valence electrons. The molecule has 1 N–H and O–H groups in total. The molecule has 3 aliphatic carbocycles. The molecule has 7 heterocycles. The minimum atomic E-state index is -1.14. The van der Waals surface area contributed by atoms with Crippen molar-refractivity contribution in [1.29, 1.82) is 0 Å². The molecule has 10 aliphatic rings. The summed E-state index contributed by atoms with van der Waals surface area (Å²) >= 11 is 0. The molecule has 2 aromatic rings. The first-order valence-electron chi connectivity index (χ1n) is 44.5. The molecule has 3 fully saturated rings. The molecule has 15 nitrogen and oxygen atoms in total. The molecular weight excluding hydrogens is 1480 g/mol. The highest BCUT2D eigenvalue weighted by atomic mass is 16.8. The van der Waals surface area contributed by atoms with Crippen molar-refractivity contribution < 1.29 is 71.4 Å². The van der Waals surface area contributed by atoms with Crippen LogP contribution in [0, 0.1) is 75.8 Å². The number of hydrogen-bond donors (Lipinski definition) is 1. The van der Waals surface area contributed by atoms with Gasteiger partial charge < -0.3 is 71.4 Å². The van der Waals surface area contributed by atoms with Crippen molar-refractivity contribution in [3.63, 3.8) is 0 Å². The second kappa shape index (κ2) is 35.6. The first kappa shape index (κ1) is 101. The molecule has 15 heteroatoms. The van der Waals surface area contributed by atoms with Crippen LogP contribution in [0.4, 0.5) is 0 Å². The zero-order chi connectivity index (χ0) is 90.3. The van der Waals surface area contributed by atoms with E-state index in [9.17, 15) is 5.11 Å². The number of aliphatic hydroxyl groups is 1. The van der Waals surface area contributed by atoms with Gasteiger partial charge in [-0.3, -0.25) is 0 Å². The minimum Gasteiger partial charge on any atom is -0.490 e. The van der Waals surface area contributed by atoms with Crippen molar-refractivity contribution in [2.24, 2.45) is 75.8 Å². The van der Waals surface area contributed by atoms with Crippen LogP contribution >= 0.6 is 0 Å². The highest BCUT2D eigenvalue weighted by Gasteiger charge is 2.56. The van der Waals surface area contributed by atoms with E-state index in [-0.39, 0.29) is 99.5 Å². The van der Waals surface area contributed by atoms with Gasteiger partial charge in [-0.1, -0.05) is 358 Å². The Labute approximate surface area is 719 Å². The first-order valence-corrected chi connectivity index (χ1v) is 44.5. The smallest absolute Gasteiger partial charge is 0.357 e. The van der Waals surface area contributed by atoms with E-state index in [1.165, 1.54) is 38.5 Å². The molecule has 3 spiro atoms. The molecule has 2 aromatic carbocycles. The quantitative estimate of drug-likeness (QED) is 0.304. The summed E-state index contributed by atoms with van der Waals surface area (Å²) in [5.74, 6) is 11.8. The van der Waals surface area contributed by atoms with Gasteiger partial charge in [0.15, 0.2) is 0 Å². The highest BCUT2D eigenvalue weighted by Crippen LogP contribution is 2.58. The predicted octanol–water partition coefficient (Wildman–Crippen LogP) is 29.7. The number of rotatable bonds is 2. The Morgan fingerprint density at radius 3 is 0.610 bits per heavy atom. The molecule has 0 saturated heterocycles. The Balaban J connectivity index is 0.000000216. The van der Waals surface area contributed by atoms with Gasteiger partial charge in [0.05, 0.1) is 0 Å². The third-order valence-electron chi connectivity index (χ3n) is 21.2. The maximum absolute atomic E-state index is 9.31. The molecule has 0 bridgehead atoms. The summed E-state index contributed by atoms with van der Waals surface area (Å²) in [6, 6.07) is 20.4. The van der Waals surface area contributed by atoms with Crippen LogP contribution in [0.5, 0.6) is 0 Å². The molecule has 0 amide bonds. The van der Waals surface area contributed by atoms with Crippen LogP contribution in [0.15, 0.2) is 141 Å². The minimum absolute atomic E-state index is 0.0174. The molecule has 118 heavy (non-hydrogen) atoms. The molecule has 0 atom stereocenters. The Bertz CT molecular complexity index is 3610. The maximum atomic E-state index is 9.31. The van der Waals surface area contributed by atoms with Crippen LogP contribution in [0.3, 0.4) is 0 Å². The molecular formula is C103H170O15. The van der Waals surface area contributed by atoms with E-state index in [0.717, 1.165) is 130 Å². The van der Waals surface area contributed by atoms with Crippen molar-refractivity contribution >= 4 is 0 Å². The fourth-order valence-corrected chi connectivity index (χ4v) is 15.0. The Morgan fingerprint density at radius 2 is 0.415 bits per heavy atom. The van der Waals surface area contributed by atoms with E-state index >= 15 is 0 Å². The van der Waals surface area contributed by atoms with E-state index < -0.39 is 12.3 Å². The number of benzene rings is 2. The normalized spacial score (nSPS) is 21.0. The van der Waals surface area contributed by atoms with Crippen LogP contribution in [-0.2, 0) is 72.1 Å². The molecule has 0 unspecified atom stereocenters. The van der Waals surface area contributed by atoms with Crippen molar-refractivity contribution in [2.45, 2.75) is 411 Å². The van der Waals surface area contributed by atoms with E-state index in [1.807, 2.05) is 84.9 Å². The first-order chi connectivity index (χ1) is 53.0. The van der Waals surface area contributed by atoms with E-state index in [4.69, 9.17) is 66.3 Å². The zero-order valence-electron chi connectivity index (χ0n) is 83.0. The van der Waals surface area contributed by atoms with Crippen LogP contribution < -0.4 is 0 Å². The Kier molecular flexibility index (Phi) is 30.3. The third-order valence-corrected chi connectivity index (χ3v) is 21.2. The summed E-state index contributed by atoms with van der Waals surface area (Å²) in [5, 5.41) is 9.31. The van der Waals surface area contributed by atoms with Crippen LogP contribution in [0.2, 0.25) is 0 Å². The van der Waals surface area contributed by atoms with Crippen LogP contribution in [0.1, 0.15) is 386 Å². The van der Waals surface area contributed by atoms with Gasteiger partial charge in [-0.2, -0.15) is 0 Å². The lowest BCUT2D eigenvalue weighted by molar-refractivity contribution is -0.212. The third kappa shape index (κ3) is 25.9. The van der Waals surface area contributed by atoms with Gasteiger partial charge in [0.2, 0.25) is 6.29 Å². The monoisotopic (exact) mass is 1650 g/mol. The maximum Gasteiger partial charge on any atom is 0.357 e. The second-order valence-electron chi connectivity index (χ2n) is 48.7. The van der Waals surface area contributed by atoms with Crippen molar-refractivity contribution in [3.05, 3.63) is 152 Å². The largest absolute Gasteiger partial charge is 0.490 e. The summed E-state index contributed by atoms with van der Waals surface area (Å²) < 4.78 is 84.4. The highest BCUT2D eigenvalue weighted by molar-refractivity contribution is 5.39. The van der Waals surface area contributed by atoms with Gasteiger partial charge in [-0.15, -0.1) is 0 Å². The summed E-state index contributed by atoms with van der Waals surface area (Å²) in [7, 11) is 0. The van der Waals surface area contributed by atoms with Crippen LogP contribution in [-0.4, -0.2) is 48.4 Å². The van der Waals surface area contributed by atoms with Gasteiger partial charge in [-0.05, 0) is 32.1 Å². The lowest BCUT2D eigenvalue weighted by Crippen LogP contribution is -2.39. The lowest BCUT2D eigenvalue weighted by Gasteiger charge is -2.38. The van der Waals surface area contributed by atoms with Gasteiger partial charge in [-0.25, -0.2) is 0 Å². The molecule has 0 aromatic heterocycles. The summed E-state index contributed by atoms with van der Waals surface area (Å²) in [5.41, 5.74) is 1.68. The second-order valence-corrected chi connectivity index (χ2v) is 48.7. The van der Waals surface area contributed by atoms with Crippen molar-refractivity contribution in [3.8, 4) is 0 Å². The lowest BCUT2D eigenvalue weighted by atomic mass is 9.84. The Morgan fingerprint density at radius 1 is 0.229 bits per heavy atom. The number of hydrogen-bond acceptors (Lipinski definition) is 15. The molecule has 12 rings (SSSR count). The summed E-state index contributed by atoms with van der Waals surface area (Å²) in [6.07, 6.45) is 13.5. The SMILES string of the molecule is CC(C)(C)C1=C(C(C)(C)C)OC(O)O1.CC(C)(C)C1=C(C(C)(C)C)OC(c2ccccc2)(c2ccccc2)O1.CC(C)(C)C1=C(C(C)(C)C)OC2(CCC2)O1.CC(C)(C)C1=C(C(C)(C)C)OC2(CCCC2)O1.CC(C)(C)C1=C(C(C)(C)C)OC2(CCCCC2)O1.CC(C)(C)C1=C(C(C)(C)C)OCCO1.CC1OC(C(C)(C)C)=C(C(C)(C)C)O1. The molecule has 7 aliphatic heterocycles. The van der Waals surface area contributed by atoms with Gasteiger partial charge >= 0.3 is 12.3 Å². The topological polar surface area (TPSA) is 149 Å². The average molecular weight is 1650 g/mol. The van der Waals surface area contributed by atoms with E-state index in [1.54, 1.807) is 0 Å². The summed E-state index contributed by atoms with van der Waals surface area (Å²) in [4.78, 5) is 0. The van der Waals surface area contributed by atoms with Gasteiger partial charge in [0, 0.05) is 132 Å². The van der Waals surface area contributed by atoms with E-state index in [0.29, 0.717) is 13.2 Å². The van der Waals surface area contributed by atoms with Gasteiger partial charge in [0.1, 0.15) is 93.8 Å². The van der Waals surface area contributed by atoms with Crippen molar-refractivity contribution in [2.75, 3.05) is 13.2 Å². The summed E-state index contributed by atoms with van der Waals surface area (Å²) in [6.45, 7) is 92.8. The number of allylic oxidation sites excluding steroid dienone is 14. The number of aliphatic hydroxyl groups excluding tert-OH is 1. The average Bonchev–Trinajstić information content (AvgIpc) is 1.61.